The standard InChI is InChI=1S/C10H21N3O/c11-13-3-1-2-10(9-13)8-12-4-6-14-7-5-12/h10H,1-9,11H2. The van der Waals surface area contributed by atoms with Crippen LogP contribution in [0.5, 0.6) is 0 Å². The zero-order chi connectivity index (χ0) is 9.80. The molecule has 1 unspecified atom stereocenters. The molecule has 0 bridgehead atoms. The Bertz CT molecular complexity index is 171. The van der Waals surface area contributed by atoms with E-state index in [0.29, 0.717) is 0 Å². The van der Waals surface area contributed by atoms with E-state index in [4.69, 9.17) is 10.6 Å². The van der Waals surface area contributed by atoms with Crippen molar-refractivity contribution in [1.29, 1.82) is 0 Å². The lowest BCUT2D eigenvalue weighted by molar-refractivity contribution is 0.0229. The summed E-state index contributed by atoms with van der Waals surface area (Å²) >= 11 is 0. The first kappa shape index (κ1) is 10.4. The minimum absolute atomic E-state index is 0.770. The highest BCUT2D eigenvalue weighted by atomic mass is 16.5. The number of piperidine rings is 1. The van der Waals surface area contributed by atoms with Crippen molar-refractivity contribution in [3.63, 3.8) is 0 Å². The van der Waals surface area contributed by atoms with Gasteiger partial charge in [0.15, 0.2) is 0 Å². The molecule has 2 aliphatic rings. The number of ether oxygens (including phenoxy) is 1. The van der Waals surface area contributed by atoms with E-state index in [1.165, 1.54) is 19.4 Å². The number of rotatable bonds is 2. The number of hydrogen-bond donors (Lipinski definition) is 1. The lowest BCUT2D eigenvalue weighted by Crippen LogP contribution is -2.46. The zero-order valence-corrected chi connectivity index (χ0v) is 8.82. The molecule has 0 amide bonds. The molecule has 0 spiro atoms. The van der Waals surface area contributed by atoms with Gasteiger partial charge in [0, 0.05) is 32.7 Å². The fourth-order valence-corrected chi connectivity index (χ4v) is 2.40. The van der Waals surface area contributed by atoms with Crippen LogP contribution in [0.1, 0.15) is 12.8 Å². The molecule has 14 heavy (non-hydrogen) atoms. The van der Waals surface area contributed by atoms with E-state index in [1.807, 2.05) is 5.01 Å². The van der Waals surface area contributed by atoms with Gasteiger partial charge in [-0.1, -0.05) is 0 Å². The quantitative estimate of drug-likeness (QED) is 0.631. The Hall–Kier alpha value is -0.160. The van der Waals surface area contributed by atoms with Gasteiger partial charge in [-0.25, -0.2) is 5.01 Å². The molecule has 0 radical (unpaired) electrons. The first-order chi connectivity index (χ1) is 6.84. The van der Waals surface area contributed by atoms with E-state index in [-0.39, 0.29) is 0 Å². The summed E-state index contributed by atoms with van der Waals surface area (Å²) in [6.07, 6.45) is 2.59. The van der Waals surface area contributed by atoms with Crippen LogP contribution in [0.2, 0.25) is 0 Å². The molecule has 0 aromatic carbocycles. The lowest BCUT2D eigenvalue weighted by Gasteiger charge is -2.34. The molecular weight excluding hydrogens is 178 g/mol. The number of nitrogens with two attached hydrogens (primary N) is 1. The number of hydrazine groups is 1. The average molecular weight is 199 g/mol. The van der Waals surface area contributed by atoms with Crippen molar-refractivity contribution in [2.24, 2.45) is 11.8 Å². The topological polar surface area (TPSA) is 41.7 Å². The highest BCUT2D eigenvalue weighted by Gasteiger charge is 2.21. The number of nitrogens with zero attached hydrogens (tertiary/aromatic N) is 2. The van der Waals surface area contributed by atoms with Gasteiger partial charge in [-0.05, 0) is 18.8 Å². The molecule has 2 saturated heterocycles. The smallest absolute Gasteiger partial charge is 0.0594 e. The minimum atomic E-state index is 0.770. The molecule has 82 valence electrons. The normalized spacial score (nSPS) is 31.9. The molecule has 0 aromatic heterocycles. The summed E-state index contributed by atoms with van der Waals surface area (Å²) in [5.74, 6) is 6.59. The molecule has 0 saturated carbocycles. The Balaban J connectivity index is 1.72. The second-order valence-electron chi connectivity index (χ2n) is 4.42. The van der Waals surface area contributed by atoms with Crippen molar-refractivity contribution in [2.45, 2.75) is 12.8 Å². The van der Waals surface area contributed by atoms with Gasteiger partial charge >= 0.3 is 0 Å². The van der Waals surface area contributed by atoms with Crippen LogP contribution in [-0.2, 0) is 4.74 Å². The maximum atomic E-state index is 5.82. The van der Waals surface area contributed by atoms with Crippen LogP contribution in [-0.4, -0.2) is 55.8 Å². The summed E-state index contributed by atoms with van der Waals surface area (Å²) in [6.45, 7) is 7.34. The van der Waals surface area contributed by atoms with Crippen molar-refractivity contribution in [2.75, 3.05) is 45.9 Å². The van der Waals surface area contributed by atoms with Gasteiger partial charge in [-0.2, -0.15) is 0 Å². The van der Waals surface area contributed by atoms with Crippen molar-refractivity contribution in [3.8, 4) is 0 Å². The minimum Gasteiger partial charge on any atom is -0.379 e. The molecule has 2 rings (SSSR count). The van der Waals surface area contributed by atoms with E-state index in [0.717, 1.165) is 45.3 Å². The largest absolute Gasteiger partial charge is 0.379 e. The first-order valence-corrected chi connectivity index (χ1v) is 5.64. The number of morpholine rings is 1. The van der Waals surface area contributed by atoms with Crippen LogP contribution in [0, 0.1) is 5.92 Å². The van der Waals surface area contributed by atoms with Gasteiger partial charge in [0.1, 0.15) is 0 Å². The SMILES string of the molecule is NN1CCCC(CN2CCOCC2)C1. The fourth-order valence-electron chi connectivity index (χ4n) is 2.40. The van der Waals surface area contributed by atoms with Crippen molar-refractivity contribution < 1.29 is 4.74 Å². The van der Waals surface area contributed by atoms with Crippen LogP contribution >= 0.6 is 0 Å². The molecule has 2 fully saturated rings. The Morgan fingerprint density at radius 3 is 2.71 bits per heavy atom. The molecule has 4 heteroatoms. The van der Waals surface area contributed by atoms with Crippen LogP contribution in [0.25, 0.3) is 0 Å². The van der Waals surface area contributed by atoms with Crippen LogP contribution in [0.3, 0.4) is 0 Å². The molecular formula is C10H21N3O. The first-order valence-electron chi connectivity index (χ1n) is 5.64. The summed E-state index contributed by atoms with van der Waals surface area (Å²) in [5, 5.41) is 1.97. The third-order valence-corrected chi connectivity index (χ3v) is 3.17. The summed E-state index contributed by atoms with van der Waals surface area (Å²) in [5.41, 5.74) is 0. The van der Waals surface area contributed by atoms with Crippen LogP contribution in [0.15, 0.2) is 0 Å². The monoisotopic (exact) mass is 199 g/mol. The van der Waals surface area contributed by atoms with Crippen LogP contribution < -0.4 is 5.84 Å². The van der Waals surface area contributed by atoms with E-state index in [9.17, 15) is 0 Å². The molecule has 2 N–H and O–H groups in total. The molecule has 0 aromatic rings. The fraction of sp³-hybridized carbons (Fsp3) is 1.00. The Morgan fingerprint density at radius 2 is 2.00 bits per heavy atom. The Labute approximate surface area is 86.0 Å². The predicted octanol–water partition coefficient (Wildman–Crippen LogP) is -0.0957. The van der Waals surface area contributed by atoms with Gasteiger partial charge < -0.3 is 4.74 Å². The maximum Gasteiger partial charge on any atom is 0.0594 e. The van der Waals surface area contributed by atoms with Gasteiger partial charge in [0.2, 0.25) is 0 Å². The summed E-state index contributed by atoms with van der Waals surface area (Å²) in [4.78, 5) is 2.51. The van der Waals surface area contributed by atoms with Crippen LogP contribution in [0.4, 0.5) is 0 Å². The second-order valence-corrected chi connectivity index (χ2v) is 4.42. The van der Waals surface area contributed by atoms with Crippen molar-refractivity contribution in [1.82, 2.24) is 9.91 Å². The third kappa shape index (κ3) is 2.92. The maximum absolute atomic E-state index is 5.82. The van der Waals surface area contributed by atoms with E-state index in [1.54, 1.807) is 0 Å². The molecule has 4 nitrogen and oxygen atoms in total. The Kier molecular flexibility index (Phi) is 3.75. The summed E-state index contributed by atoms with van der Waals surface area (Å²) < 4.78 is 5.33. The summed E-state index contributed by atoms with van der Waals surface area (Å²) in [7, 11) is 0. The van der Waals surface area contributed by atoms with Gasteiger partial charge in [0.25, 0.3) is 0 Å². The van der Waals surface area contributed by atoms with E-state index in [2.05, 4.69) is 4.90 Å². The zero-order valence-electron chi connectivity index (χ0n) is 8.82. The highest BCUT2D eigenvalue weighted by molar-refractivity contribution is 4.74. The van der Waals surface area contributed by atoms with E-state index >= 15 is 0 Å². The molecule has 1 atom stereocenters. The van der Waals surface area contributed by atoms with Gasteiger partial charge in [-0.3, -0.25) is 10.7 Å². The third-order valence-electron chi connectivity index (χ3n) is 3.17. The van der Waals surface area contributed by atoms with E-state index < -0.39 is 0 Å². The highest BCUT2D eigenvalue weighted by Crippen LogP contribution is 2.15. The Morgan fingerprint density at radius 1 is 1.21 bits per heavy atom. The average Bonchev–Trinajstić information content (AvgIpc) is 2.19. The van der Waals surface area contributed by atoms with Crippen molar-refractivity contribution in [3.05, 3.63) is 0 Å². The molecule has 2 aliphatic heterocycles. The predicted molar refractivity (Wildman–Crippen MR) is 55.7 cm³/mol. The second kappa shape index (κ2) is 5.07. The number of hydrogen-bond acceptors (Lipinski definition) is 4. The summed E-state index contributed by atoms with van der Waals surface area (Å²) in [6, 6.07) is 0. The molecule has 0 aliphatic carbocycles. The van der Waals surface area contributed by atoms with Gasteiger partial charge in [-0.15, -0.1) is 0 Å². The lowest BCUT2D eigenvalue weighted by atomic mass is 9.98. The van der Waals surface area contributed by atoms with Crippen molar-refractivity contribution >= 4 is 0 Å². The van der Waals surface area contributed by atoms with Gasteiger partial charge in [0.05, 0.1) is 13.2 Å². The molecule has 2 heterocycles.